The molecule has 0 spiro atoms. The van der Waals surface area contributed by atoms with E-state index >= 15 is 0 Å². The minimum atomic E-state index is 0.348. The highest BCUT2D eigenvalue weighted by Gasteiger charge is 2.33. The maximum Gasteiger partial charge on any atom is 0.0712 e. The van der Waals surface area contributed by atoms with Crippen molar-refractivity contribution in [2.45, 2.75) is 64.7 Å². The fourth-order valence-electron chi connectivity index (χ4n) is 4.94. The molecule has 0 amide bonds. The number of nitrogens with zero attached hydrogens (tertiary/aromatic N) is 1. The summed E-state index contributed by atoms with van der Waals surface area (Å²) in [6.07, 6.45) is 7.98. The van der Waals surface area contributed by atoms with Crippen molar-refractivity contribution in [3.63, 3.8) is 0 Å². The topological polar surface area (TPSA) is 12.9 Å². The van der Waals surface area contributed by atoms with E-state index in [1.54, 1.807) is 0 Å². The van der Waals surface area contributed by atoms with Gasteiger partial charge in [0.15, 0.2) is 0 Å². The standard InChI is InChI=1S/C25H29N/c1-4-25(13-6-5-7-14-25)22-9-8-10-24-21(22)11-12-23(26-24)20-16-18(2)15-19(3)17-20/h8-12,15-17H,4-7,13-14H2,1-3H3. The van der Waals surface area contributed by atoms with Crippen LogP contribution in [0.25, 0.3) is 22.2 Å². The molecule has 0 N–H and O–H groups in total. The SMILES string of the molecule is CCC1(c2cccc3nc(-c4cc(C)cc(C)c4)ccc23)CCCCC1. The molecule has 1 saturated carbocycles. The van der Waals surface area contributed by atoms with Crippen molar-refractivity contribution in [2.24, 2.45) is 0 Å². The van der Waals surface area contributed by atoms with Gasteiger partial charge in [0.2, 0.25) is 0 Å². The van der Waals surface area contributed by atoms with Crippen LogP contribution < -0.4 is 0 Å². The van der Waals surface area contributed by atoms with Gasteiger partial charge in [0.05, 0.1) is 11.2 Å². The Bertz CT molecular complexity index is 912. The number of hydrogen-bond donors (Lipinski definition) is 0. The maximum atomic E-state index is 5.05. The molecule has 1 heteroatoms. The Morgan fingerprint density at radius 2 is 1.62 bits per heavy atom. The van der Waals surface area contributed by atoms with Gasteiger partial charge in [0, 0.05) is 10.9 Å². The molecule has 0 bridgehead atoms. The van der Waals surface area contributed by atoms with Crippen molar-refractivity contribution in [1.29, 1.82) is 0 Å². The van der Waals surface area contributed by atoms with Crippen molar-refractivity contribution in [1.82, 2.24) is 4.98 Å². The minimum absolute atomic E-state index is 0.348. The van der Waals surface area contributed by atoms with Crippen LogP contribution in [0.1, 0.15) is 62.1 Å². The van der Waals surface area contributed by atoms with E-state index in [4.69, 9.17) is 4.98 Å². The first-order valence-electron chi connectivity index (χ1n) is 10.1. The number of rotatable bonds is 3. The number of aryl methyl sites for hydroxylation is 2. The Morgan fingerprint density at radius 3 is 2.31 bits per heavy atom. The Labute approximate surface area is 157 Å². The van der Waals surface area contributed by atoms with Gasteiger partial charge in [-0.2, -0.15) is 0 Å². The van der Waals surface area contributed by atoms with E-state index in [1.807, 2.05) is 0 Å². The molecule has 2 aromatic carbocycles. The fraction of sp³-hybridized carbons (Fsp3) is 0.400. The van der Waals surface area contributed by atoms with Crippen LogP contribution in [-0.4, -0.2) is 4.98 Å². The molecule has 0 unspecified atom stereocenters. The van der Waals surface area contributed by atoms with Gasteiger partial charge >= 0.3 is 0 Å². The number of fused-ring (bicyclic) bond motifs is 1. The van der Waals surface area contributed by atoms with Crippen LogP contribution in [-0.2, 0) is 5.41 Å². The third-order valence-corrected chi connectivity index (χ3v) is 6.31. The fourth-order valence-corrected chi connectivity index (χ4v) is 4.94. The van der Waals surface area contributed by atoms with Crippen molar-refractivity contribution in [2.75, 3.05) is 0 Å². The molecule has 0 saturated heterocycles. The lowest BCUT2D eigenvalue weighted by molar-refractivity contribution is 0.285. The normalized spacial score (nSPS) is 16.7. The van der Waals surface area contributed by atoms with E-state index in [2.05, 4.69) is 69.3 Å². The number of pyridine rings is 1. The highest BCUT2D eigenvalue weighted by molar-refractivity contribution is 5.85. The summed E-state index contributed by atoms with van der Waals surface area (Å²) in [6, 6.07) is 18.0. The molecule has 1 aliphatic rings. The van der Waals surface area contributed by atoms with E-state index < -0.39 is 0 Å². The molecule has 0 atom stereocenters. The van der Waals surface area contributed by atoms with E-state index in [0.29, 0.717) is 5.41 Å². The molecule has 1 aromatic heterocycles. The first kappa shape index (κ1) is 17.3. The van der Waals surface area contributed by atoms with Crippen molar-refractivity contribution in [3.8, 4) is 11.3 Å². The molecule has 134 valence electrons. The third kappa shape index (κ3) is 3.05. The Kier molecular flexibility index (Phi) is 4.56. The van der Waals surface area contributed by atoms with Crippen LogP contribution in [0.15, 0.2) is 48.5 Å². The van der Waals surface area contributed by atoms with E-state index in [1.165, 1.54) is 66.2 Å². The van der Waals surface area contributed by atoms with Crippen molar-refractivity contribution < 1.29 is 0 Å². The van der Waals surface area contributed by atoms with Crippen LogP contribution in [0.5, 0.6) is 0 Å². The third-order valence-electron chi connectivity index (χ3n) is 6.31. The van der Waals surface area contributed by atoms with Crippen LogP contribution in [0, 0.1) is 13.8 Å². The smallest absolute Gasteiger partial charge is 0.0712 e. The quantitative estimate of drug-likeness (QED) is 0.493. The Morgan fingerprint density at radius 1 is 0.885 bits per heavy atom. The van der Waals surface area contributed by atoms with Gasteiger partial charge in [-0.1, -0.05) is 61.6 Å². The maximum absolute atomic E-state index is 5.05. The monoisotopic (exact) mass is 343 g/mol. The molecular formula is C25H29N. The number of hydrogen-bond acceptors (Lipinski definition) is 1. The number of benzene rings is 2. The van der Waals surface area contributed by atoms with Gasteiger partial charge in [0.1, 0.15) is 0 Å². The lowest BCUT2D eigenvalue weighted by atomic mass is 9.67. The van der Waals surface area contributed by atoms with Crippen molar-refractivity contribution in [3.05, 3.63) is 65.2 Å². The molecule has 4 rings (SSSR count). The van der Waals surface area contributed by atoms with Crippen LogP contribution in [0.3, 0.4) is 0 Å². The van der Waals surface area contributed by atoms with E-state index in [-0.39, 0.29) is 0 Å². The molecule has 1 aliphatic carbocycles. The van der Waals surface area contributed by atoms with Gasteiger partial charge in [-0.05, 0) is 68.4 Å². The number of aromatic nitrogens is 1. The molecule has 1 heterocycles. The molecular weight excluding hydrogens is 314 g/mol. The Balaban J connectivity index is 1.83. The molecule has 1 nitrogen and oxygen atoms in total. The zero-order chi connectivity index (χ0) is 18.1. The van der Waals surface area contributed by atoms with Crippen molar-refractivity contribution >= 4 is 10.9 Å². The second-order valence-corrected chi connectivity index (χ2v) is 8.14. The van der Waals surface area contributed by atoms with Gasteiger partial charge in [0.25, 0.3) is 0 Å². The van der Waals surface area contributed by atoms with Crippen LogP contribution in [0.2, 0.25) is 0 Å². The summed E-state index contributed by atoms with van der Waals surface area (Å²) in [5.41, 5.74) is 7.90. The zero-order valence-electron chi connectivity index (χ0n) is 16.3. The molecule has 0 aliphatic heterocycles. The van der Waals surface area contributed by atoms with Gasteiger partial charge in [-0.15, -0.1) is 0 Å². The van der Waals surface area contributed by atoms with Gasteiger partial charge < -0.3 is 0 Å². The van der Waals surface area contributed by atoms with Crippen LogP contribution >= 0.6 is 0 Å². The lowest BCUT2D eigenvalue weighted by Crippen LogP contribution is -2.28. The summed E-state index contributed by atoms with van der Waals surface area (Å²) in [4.78, 5) is 5.05. The summed E-state index contributed by atoms with van der Waals surface area (Å²) in [6.45, 7) is 6.68. The highest BCUT2D eigenvalue weighted by Crippen LogP contribution is 2.44. The van der Waals surface area contributed by atoms with E-state index in [9.17, 15) is 0 Å². The lowest BCUT2D eigenvalue weighted by Gasteiger charge is -2.38. The molecule has 26 heavy (non-hydrogen) atoms. The summed E-state index contributed by atoms with van der Waals surface area (Å²) in [5, 5.41) is 1.35. The Hall–Kier alpha value is -2.15. The molecule has 1 fully saturated rings. The second kappa shape index (κ2) is 6.87. The van der Waals surface area contributed by atoms with Gasteiger partial charge in [-0.25, -0.2) is 4.98 Å². The average Bonchev–Trinajstić information content (AvgIpc) is 2.67. The first-order chi connectivity index (χ1) is 12.6. The molecule has 3 aromatic rings. The molecule has 0 radical (unpaired) electrons. The first-order valence-corrected chi connectivity index (χ1v) is 10.1. The minimum Gasteiger partial charge on any atom is -0.248 e. The summed E-state index contributed by atoms with van der Waals surface area (Å²) in [5.74, 6) is 0. The summed E-state index contributed by atoms with van der Waals surface area (Å²) in [7, 11) is 0. The summed E-state index contributed by atoms with van der Waals surface area (Å²) < 4.78 is 0. The summed E-state index contributed by atoms with van der Waals surface area (Å²) >= 11 is 0. The van der Waals surface area contributed by atoms with Crippen LogP contribution in [0.4, 0.5) is 0 Å². The predicted octanol–water partition coefficient (Wildman–Crippen LogP) is 7.13. The van der Waals surface area contributed by atoms with Gasteiger partial charge in [-0.3, -0.25) is 0 Å². The van der Waals surface area contributed by atoms with E-state index in [0.717, 1.165) is 11.2 Å². The highest BCUT2D eigenvalue weighted by atomic mass is 14.7. The average molecular weight is 344 g/mol. The largest absolute Gasteiger partial charge is 0.248 e. The zero-order valence-corrected chi connectivity index (χ0v) is 16.3. The predicted molar refractivity (Wildman–Crippen MR) is 112 cm³/mol. The second-order valence-electron chi connectivity index (χ2n) is 8.14.